The van der Waals surface area contributed by atoms with E-state index in [1.165, 1.54) is 0 Å². The van der Waals surface area contributed by atoms with Gasteiger partial charge < -0.3 is 10.5 Å². The predicted molar refractivity (Wildman–Crippen MR) is 72.2 cm³/mol. The van der Waals surface area contributed by atoms with E-state index < -0.39 is 12.8 Å². The van der Waals surface area contributed by atoms with Gasteiger partial charge in [-0.1, -0.05) is 31.2 Å². The lowest BCUT2D eigenvalue weighted by atomic mass is 10.1. The summed E-state index contributed by atoms with van der Waals surface area (Å²) in [6.45, 7) is 3.17. The maximum absolute atomic E-state index is 12.0. The molecule has 0 atom stereocenters. The molecule has 0 saturated heterocycles. The number of rotatable bonds is 8. The molecule has 3 nitrogen and oxygen atoms in total. The van der Waals surface area contributed by atoms with Crippen molar-refractivity contribution in [2.24, 2.45) is 5.73 Å². The van der Waals surface area contributed by atoms with Gasteiger partial charge >= 0.3 is 6.18 Å². The van der Waals surface area contributed by atoms with Gasteiger partial charge in [-0.2, -0.15) is 13.2 Å². The fourth-order valence-electron chi connectivity index (χ4n) is 1.88. The van der Waals surface area contributed by atoms with Crippen LogP contribution in [0.4, 0.5) is 13.2 Å². The Labute approximate surface area is 117 Å². The van der Waals surface area contributed by atoms with Crippen molar-refractivity contribution in [1.82, 2.24) is 4.90 Å². The quantitative estimate of drug-likeness (QED) is 0.748. The van der Waals surface area contributed by atoms with Gasteiger partial charge in [0.05, 0.1) is 6.61 Å². The topological polar surface area (TPSA) is 38.5 Å². The molecule has 0 aliphatic carbocycles. The van der Waals surface area contributed by atoms with Gasteiger partial charge in [0.25, 0.3) is 0 Å². The molecule has 20 heavy (non-hydrogen) atoms. The molecule has 0 aliphatic rings. The molecule has 114 valence electrons. The first-order chi connectivity index (χ1) is 9.46. The third-order valence-corrected chi connectivity index (χ3v) is 3.00. The van der Waals surface area contributed by atoms with Crippen LogP contribution in [0.15, 0.2) is 24.3 Å². The van der Waals surface area contributed by atoms with E-state index in [2.05, 4.69) is 4.74 Å². The molecular weight excluding hydrogens is 269 g/mol. The third kappa shape index (κ3) is 6.36. The second kappa shape index (κ2) is 8.24. The van der Waals surface area contributed by atoms with Crippen molar-refractivity contribution in [3.63, 3.8) is 0 Å². The first-order valence-electron chi connectivity index (χ1n) is 6.60. The van der Waals surface area contributed by atoms with E-state index in [1.54, 1.807) is 0 Å². The van der Waals surface area contributed by atoms with Crippen LogP contribution in [-0.4, -0.2) is 37.4 Å². The van der Waals surface area contributed by atoms with Crippen LogP contribution < -0.4 is 5.73 Å². The second-order valence-corrected chi connectivity index (χ2v) is 4.51. The zero-order valence-electron chi connectivity index (χ0n) is 11.6. The second-order valence-electron chi connectivity index (χ2n) is 4.51. The van der Waals surface area contributed by atoms with Crippen molar-refractivity contribution < 1.29 is 17.9 Å². The first-order valence-corrected chi connectivity index (χ1v) is 6.60. The van der Waals surface area contributed by atoms with E-state index in [-0.39, 0.29) is 6.61 Å². The fourth-order valence-corrected chi connectivity index (χ4v) is 1.88. The van der Waals surface area contributed by atoms with Gasteiger partial charge in [-0.3, -0.25) is 4.90 Å². The summed E-state index contributed by atoms with van der Waals surface area (Å²) in [5, 5.41) is 0. The summed E-state index contributed by atoms with van der Waals surface area (Å²) in [6.07, 6.45) is -4.26. The van der Waals surface area contributed by atoms with Crippen LogP contribution in [-0.2, 0) is 17.8 Å². The Morgan fingerprint density at radius 1 is 1.20 bits per heavy atom. The van der Waals surface area contributed by atoms with Crippen molar-refractivity contribution in [3.05, 3.63) is 35.4 Å². The van der Waals surface area contributed by atoms with Gasteiger partial charge in [-0.05, 0) is 17.7 Å². The maximum Gasteiger partial charge on any atom is 0.411 e. The number of nitrogens with two attached hydrogens (primary N) is 1. The van der Waals surface area contributed by atoms with Crippen LogP contribution in [0.2, 0.25) is 0 Å². The van der Waals surface area contributed by atoms with Gasteiger partial charge in [0, 0.05) is 19.6 Å². The lowest BCUT2D eigenvalue weighted by Gasteiger charge is -2.22. The van der Waals surface area contributed by atoms with Gasteiger partial charge in [0.1, 0.15) is 6.61 Å². The number of halogens is 3. The Kier molecular flexibility index (Phi) is 6.98. The maximum atomic E-state index is 12.0. The van der Waals surface area contributed by atoms with E-state index >= 15 is 0 Å². The number of nitrogens with zero attached hydrogens (tertiary/aromatic N) is 1. The smallest absolute Gasteiger partial charge is 0.371 e. The Balaban J connectivity index is 2.43. The van der Waals surface area contributed by atoms with Crippen LogP contribution in [0, 0.1) is 0 Å². The van der Waals surface area contributed by atoms with Crippen LogP contribution in [0.25, 0.3) is 0 Å². The summed E-state index contributed by atoms with van der Waals surface area (Å²) in [5.41, 5.74) is 7.83. The molecule has 0 aliphatic heterocycles. The molecule has 1 aromatic rings. The number of hydrogen-bond donors (Lipinski definition) is 1. The summed E-state index contributed by atoms with van der Waals surface area (Å²) >= 11 is 0. The van der Waals surface area contributed by atoms with E-state index in [0.717, 1.165) is 17.7 Å². The summed E-state index contributed by atoms with van der Waals surface area (Å²) in [5.74, 6) is 0. The van der Waals surface area contributed by atoms with Gasteiger partial charge in [-0.25, -0.2) is 0 Å². The fraction of sp³-hybridized carbons (Fsp3) is 0.571. The van der Waals surface area contributed by atoms with E-state index in [4.69, 9.17) is 5.73 Å². The number of ether oxygens (including phenoxy) is 1. The van der Waals surface area contributed by atoms with Crippen molar-refractivity contribution in [3.8, 4) is 0 Å². The van der Waals surface area contributed by atoms with Crippen LogP contribution in [0.1, 0.15) is 18.1 Å². The number of likely N-dealkylation sites (N-methyl/N-ethyl adjacent to an activating group) is 1. The Morgan fingerprint density at radius 3 is 2.40 bits per heavy atom. The molecule has 0 saturated carbocycles. The average molecular weight is 290 g/mol. The van der Waals surface area contributed by atoms with Crippen molar-refractivity contribution >= 4 is 0 Å². The molecule has 1 aromatic carbocycles. The highest BCUT2D eigenvalue weighted by Crippen LogP contribution is 2.14. The molecule has 6 heteroatoms. The minimum atomic E-state index is -4.26. The van der Waals surface area contributed by atoms with E-state index in [1.807, 2.05) is 36.1 Å². The molecule has 0 radical (unpaired) electrons. The molecule has 0 unspecified atom stereocenters. The molecule has 0 aromatic heterocycles. The Hall–Kier alpha value is -1.11. The zero-order chi connectivity index (χ0) is 15.0. The zero-order valence-corrected chi connectivity index (χ0v) is 11.6. The monoisotopic (exact) mass is 290 g/mol. The standard InChI is InChI=1S/C14H21F3N2O/c1-2-19(7-8-20-11-14(15,16)17)10-13-6-4-3-5-12(13)9-18/h3-6H,2,7-11,18H2,1H3. The van der Waals surface area contributed by atoms with Crippen molar-refractivity contribution in [1.29, 1.82) is 0 Å². The molecule has 2 N–H and O–H groups in total. The minimum absolute atomic E-state index is 0.0676. The van der Waals surface area contributed by atoms with Crippen LogP contribution in [0.3, 0.4) is 0 Å². The Morgan fingerprint density at radius 2 is 1.85 bits per heavy atom. The number of hydrogen-bond acceptors (Lipinski definition) is 3. The van der Waals surface area contributed by atoms with Crippen LogP contribution >= 0.6 is 0 Å². The average Bonchev–Trinajstić information content (AvgIpc) is 2.41. The summed E-state index contributed by atoms with van der Waals surface area (Å²) in [6, 6.07) is 7.81. The molecule has 0 heterocycles. The number of alkyl halides is 3. The van der Waals surface area contributed by atoms with E-state index in [0.29, 0.717) is 19.6 Å². The summed E-state index contributed by atoms with van der Waals surface area (Å²) in [7, 11) is 0. The predicted octanol–water partition coefficient (Wildman–Crippen LogP) is 2.55. The number of benzene rings is 1. The molecule has 0 amide bonds. The molecule has 0 bridgehead atoms. The Bertz CT molecular complexity index is 396. The first kappa shape index (κ1) is 16.9. The van der Waals surface area contributed by atoms with Crippen molar-refractivity contribution in [2.45, 2.75) is 26.2 Å². The molecule has 0 fully saturated rings. The summed E-state index contributed by atoms with van der Waals surface area (Å²) in [4.78, 5) is 2.03. The minimum Gasteiger partial charge on any atom is -0.371 e. The normalized spacial score (nSPS) is 12.1. The lowest BCUT2D eigenvalue weighted by molar-refractivity contribution is -0.174. The third-order valence-electron chi connectivity index (χ3n) is 3.00. The highest BCUT2D eigenvalue weighted by atomic mass is 19.4. The lowest BCUT2D eigenvalue weighted by Crippen LogP contribution is -2.29. The molecular formula is C14H21F3N2O. The van der Waals surface area contributed by atoms with Crippen molar-refractivity contribution in [2.75, 3.05) is 26.3 Å². The van der Waals surface area contributed by atoms with Gasteiger partial charge in [0.15, 0.2) is 0 Å². The van der Waals surface area contributed by atoms with E-state index in [9.17, 15) is 13.2 Å². The van der Waals surface area contributed by atoms with Gasteiger partial charge in [-0.15, -0.1) is 0 Å². The highest BCUT2D eigenvalue weighted by Gasteiger charge is 2.27. The van der Waals surface area contributed by atoms with Crippen LogP contribution in [0.5, 0.6) is 0 Å². The molecule has 1 rings (SSSR count). The molecule has 0 spiro atoms. The highest BCUT2D eigenvalue weighted by molar-refractivity contribution is 5.26. The SMILES string of the molecule is CCN(CCOCC(F)(F)F)Cc1ccccc1CN. The van der Waals surface area contributed by atoms with Gasteiger partial charge in [0.2, 0.25) is 0 Å². The largest absolute Gasteiger partial charge is 0.411 e. The summed E-state index contributed by atoms with van der Waals surface area (Å²) < 4.78 is 40.5.